The second-order valence-electron chi connectivity index (χ2n) is 5.95. The van der Waals surface area contributed by atoms with Crippen molar-refractivity contribution in [1.82, 2.24) is 10.2 Å². The summed E-state index contributed by atoms with van der Waals surface area (Å²) in [5.41, 5.74) is 3.53. The zero-order chi connectivity index (χ0) is 18.5. The van der Waals surface area contributed by atoms with Crippen molar-refractivity contribution in [3.8, 4) is 11.1 Å². The number of amides is 1. The van der Waals surface area contributed by atoms with Crippen molar-refractivity contribution in [1.29, 1.82) is 0 Å². The second kappa shape index (κ2) is 7.65. The number of carboxylic acids is 1. The van der Waals surface area contributed by atoms with Crippen LogP contribution in [0.4, 0.5) is 5.69 Å². The molecule has 0 fully saturated rings. The van der Waals surface area contributed by atoms with Crippen LogP contribution in [0, 0.1) is 0 Å². The molecule has 6 heteroatoms. The van der Waals surface area contributed by atoms with Gasteiger partial charge in [0.15, 0.2) is 0 Å². The third kappa shape index (κ3) is 3.80. The third-order valence-corrected chi connectivity index (χ3v) is 4.24. The van der Waals surface area contributed by atoms with Gasteiger partial charge in [-0.3, -0.25) is 9.89 Å². The summed E-state index contributed by atoms with van der Waals surface area (Å²) < 4.78 is 0. The highest BCUT2D eigenvalue weighted by Gasteiger charge is 2.20. The molecule has 0 saturated heterocycles. The maximum atomic E-state index is 12.7. The number of carboxylic acid groups (broad SMARTS) is 1. The molecule has 0 aliphatic rings. The van der Waals surface area contributed by atoms with Crippen molar-refractivity contribution in [2.24, 2.45) is 0 Å². The summed E-state index contributed by atoms with van der Waals surface area (Å²) in [6.45, 7) is 1.90. The molecule has 132 valence electrons. The van der Waals surface area contributed by atoms with E-state index in [4.69, 9.17) is 5.11 Å². The van der Waals surface area contributed by atoms with E-state index in [9.17, 15) is 9.59 Å². The fraction of sp³-hybridized carbons (Fsp3) is 0.150. The molecule has 26 heavy (non-hydrogen) atoms. The summed E-state index contributed by atoms with van der Waals surface area (Å²) in [4.78, 5) is 23.8. The number of carbonyl (C=O) groups excluding carboxylic acids is 1. The Kier molecular flexibility index (Phi) is 5.12. The van der Waals surface area contributed by atoms with Crippen molar-refractivity contribution in [3.05, 3.63) is 72.1 Å². The van der Waals surface area contributed by atoms with Gasteiger partial charge in [-0.2, -0.15) is 5.10 Å². The van der Waals surface area contributed by atoms with Gasteiger partial charge in [0.2, 0.25) is 5.91 Å². The molecule has 1 aromatic heterocycles. The summed E-state index contributed by atoms with van der Waals surface area (Å²) in [7, 11) is 0. The first-order valence-corrected chi connectivity index (χ1v) is 8.32. The molecule has 1 unspecified atom stereocenters. The summed E-state index contributed by atoms with van der Waals surface area (Å²) in [6.07, 6.45) is 4.11. The number of hydrogen-bond donors (Lipinski definition) is 3. The van der Waals surface area contributed by atoms with Crippen LogP contribution in [0.2, 0.25) is 0 Å². The van der Waals surface area contributed by atoms with Gasteiger partial charge in [0.1, 0.15) is 0 Å². The lowest BCUT2D eigenvalue weighted by molar-refractivity contribution is -0.117. The van der Waals surface area contributed by atoms with Gasteiger partial charge < -0.3 is 10.4 Å². The van der Waals surface area contributed by atoms with Crippen LogP contribution in [0.3, 0.4) is 0 Å². The molecular formula is C20H19N3O3. The van der Waals surface area contributed by atoms with Crippen LogP contribution in [-0.4, -0.2) is 27.2 Å². The first-order valence-electron chi connectivity index (χ1n) is 8.32. The molecule has 1 heterocycles. The molecule has 0 spiro atoms. The van der Waals surface area contributed by atoms with Crippen LogP contribution in [0.5, 0.6) is 0 Å². The summed E-state index contributed by atoms with van der Waals surface area (Å²) in [5, 5.41) is 18.7. The molecule has 0 radical (unpaired) electrons. The van der Waals surface area contributed by atoms with Crippen LogP contribution >= 0.6 is 0 Å². The number of carbonyl (C=O) groups is 2. The van der Waals surface area contributed by atoms with Crippen LogP contribution in [0.15, 0.2) is 60.9 Å². The van der Waals surface area contributed by atoms with Crippen molar-refractivity contribution in [3.63, 3.8) is 0 Å². The van der Waals surface area contributed by atoms with E-state index in [-0.39, 0.29) is 11.5 Å². The fourth-order valence-corrected chi connectivity index (χ4v) is 2.85. The maximum Gasteiger partial charge on any atom is 0.335 e. The number of hydrogen-bond acceptors (Lipinski definition) is 3. The molecule has 0 aliphatic carbocycles. The summed E-state index contributed by atoms with van der Waals surface area (Å²) >= 11 is 0. The zero-order valence-corrected chi connectivity index (χ0v) is 14.3. The van der Waals surface area contributed by atoms with E-state index in [1.165, 1.54) is 6.07 Å². The smallest absolute Gasteiger partial charge is 0.335 e. The molecule has 1 amide bonds. The molecule has 3 N–H and O–H groups in total. The summed E-state index contributed by atoms with van der Waals surface area (Å²) in [5.74, 6) is -1.58. The number of H-pyrrole nitrogens is 1. The predicted octanol–water partition coefficient (Wildman–Crippen LogP) is 3.91. The van der Waals surface area contributed by atoms with Crippen molar-refractivity contribution in [2.45, 2.75) is 19.3 Å². The highest BCUT2D eigenvalue weighted by Crippen LogP contribution is 2.24. The van der Waals surface area contributed by atoms with Crippen molar-refractivity contribution in [2.75, 3.05) is 5.32 Å². The molecule has 1 atom stereocenters. The van der Waals surface area contributed by atoms with E-state index in [1.807, 2.05) is 31.2 Å². The normalized spacial score (nSPS) is 11.7. The Hall–Kier alpha value is -3.41. The number of nitrogens with zero attached hydrogens (tertiary/aromatic N) is 1. The van der Waals surface area contributed by atoms with Crippen LogP contribution in [0.1, 0.15) is 35.2 Å². The lowest BCUT2D eigenvalue weighted by Crippen LogP contribution is -2.21. The molecular weight excluding hydrogens is 330 g/mol. The third-order valence-electron chi connectivity index (χ3n) is 4.24. The lowest BCUT2D eigenvalue weighted by atomic mass is 9.94. The molecule has 0 aliphatic heterocycles. The average molecular weight is 349 g/mol. The first-order chi connectivity index (χ1) is 12.6. The van der Waals surface area contributed by atoms with Crippen molar-refractivity contribution >= 4 is 17.6 Å². The topological polar surface area (TPSA) is 95.1 Å². The van der Waals surface area contributed by atoms with E-state index < -0.39 is 11.9 Å². The standard InChI is InChI=1S/C20H19N3O3/c1-2-18(14-4-3-5-15(10-14)20(25)26)19(24)23-17-8-6-13(7-9-17)16-11-21-22-12-16/h3-12,18H,2H2,1H3,(H,21,22)(H,23,24)(H,25,26). The van der Waals surface area contributed by atoms with Gasteiger partial charge >= 0.3 is 5.97 Å². The van der Waals surface area contributed by atoms with Crippen LogP contribution < -0.4 is 5.32 Å². The quantitative estimate of drug-likeness (QED) is 0.629. The van der Waals surface area contributed by atoms with Gasteiger partial charge in [-0.25, -0.2) is 4.79 Å². The van der Waals surface area contributed by atoms with E-state index in [0.29, 0.717) is 17.7 Å². The fourth-order valence-electron chi connectivity index (χ4n) is 2.85. The van der Waals surface area contributed by atoms with Gasteiger partial charge in [0.25, 0.3) is 0 Å². The Labute approximate surface area is 150 Å². The molecule has 0 bridgehead atoms. The van der Waals surface area contributed by atoms with Crippen LogP contribution in [-0.2, 0) is 4.79 Å². The highest BCUT2D eigenvalue weighted by atomic mass is 16.4. The van der Waals surface area contributed by atoms with Crippen LogP contribution in [0.25, 0.3) is 11.1 Å². The molecule has 2 aromatic carbocycles. The van der Waals surface area contributed by atoms with Crippen molar-refractivity contribution < 1.29 is 14.7 Å². The number of aromatic nitrogens is 2. The van der Waals surface area contributed by atoms with E-state index in [0.717, 1.165) is 11.1 Å². The Balaban J connectivity index is 1.75. The van der Waals surface area contributed by atoms with Gasteiger partial charge in [-0.1, -0.05) is 31.2 Å². The SMILES string of the molecule is CCC(C(=O)Nc1ccc(-c2cn[nH]c2)cc1)c1cccc(C(=O)O)c1. The lowest BCUT2D eigenvalue weighted by Gasteiger charge is -2.16. The number of nitrogens with one attached hydrogen (secondary N) is 2. The maximum absolute atomic E-state index is 12.7. The van der Waals surface area contributed by atoms with Gasteiger partial charge in [-0.05, 0) is 41.8 Å². The second-order valence-corrected chi connectivity index (χ2v) is 5.95. The summed E-state index contributed by atoms with van der Waals surface area (Å²) in [6, 6.07) is 14.0. The number of rotatable bonds is 6. The van der Waals surface area contributed by atoms with E-state index in [2.05, 4.69) is 15.5 Å². The minimum Gasteiger partial charge on any atom is -0.478 e. The minimum absolute atomic E-state index is 0.161. The monoisotopic (exact) mass is 349 g/mol. The largest absolute Gasteiger partial charge is 0.478 e. The average Bonchev–Trinajstić information content (AvgIpc) is 3.18. The molecule has 6 nitrogen and oxygen atoms in total. The number of aromatic carboxylic acids is 1. The first kappa shape index (κ1) is 17.4. The predicted molar refractivity (Wildman–Crippen MR) is 99.1 cm³/mol. The molecule has 0 saturated carbocycles. The van der Waals surface area contributed by atoms with Gasteiger partial charge in [-0.15, -0.1) is 0 Å². The Morgan fingerprint density at radius 1 is 1.15 bits per heavy atom. The Morgan fingerprint density at radius 2 is 1.92 bits per heavy atom. The Morgan fingerprint density at radius 3 is 2.54 bits per heavy atom. The number of anilines is 1. The molecule has 3 aromatic rings. The highest BCUT2D eigenvalue weighted by molar-refractivity contribution is 5.96. The van der Waals surface area contributed by atoms with E-state index in [1.54, 1.807) is 30.6 Å². The minimum atomic E-state index is -1.00. The van der Waals surface area contributed by atoms with E-state index >= 15 is 0 Å². The van der Waals surface area contributed by atoms with Gasteiger partial charge in [0.05, 0.1) is 17.7 Å². The number of benzene rings is 2. The van der Waals surface area contributed by atoms with Gasteiger partial charge in [0, 0.05) is 17.4 Å². The zero-order valence-electron chi connectivity index (χ0n) is 14.3. The molecule has 3 rings (SSSR count). The Bertz CT molecular complexity index is 902. The number of aromatic amines is 1.